The van der Waals surface area contributed by atoms with Gasteiger partial charge in [0.1, 0.15) is 5.82 Å². The maximum atomic E-state index is 10.7. The lowest BCUT2D eigenvalue weighted by atomic mass is 10.3. The topological polar surface area (TPSA) is 85.3 Å². The van der Waals surface area contributed by atoms with E-state index in [1.165, 1.54) is 12.1 Å². The molecule has 76 valence electrons. The Morgan fingerprint density at radius 2 is 2.29 bits per heavy atom. The van der Waals surface area contributed by atoms with E-state index in [4.69, 9.17) is 5.73 Å². The van der Waals surface area contributed by atoms with Crippen LogP contribution in [0.3, 0.4) is 0 Å². The molecule has 0 unspecified atom stereocenters. The van der Waals surface area contributed by atoms with Crippen LogP contribution in [-0.2, 0) is 0 Å². The van der Waals surface area contributed by atoms with Crippen LogP contribution in [0.15, 0.2) is 12.1 Å². The highest BCUT2D eigenvalue weighted by Gasteiger charge is 2.17. The summed E-state index contributed by atoms with van der Waals surface area (Å²) in [6.07, 6.45) is 0. The van der Waals surface area contributed by atoms with Gasteiger partial charge in [-0.3, -0.25) is 10.1 Å². The SMILES string of the molecule is CCN(C)c1nc(N)ccc1[N+](=O)[O-]. The summed E-state index contributed by atoms with van der Waals surface area (Å²) in [4.78, 5) is 15.8. The molecule has 0 amide bonds. The van der Waals surface area contributed by atoms with Crippen molar-refractivity contribution in [1.82, 2.24) is 4.98 Å². The van der Waals surface area contributed by atoms with Crippen molar-refractivity contribution in [3.63, 3.8) is 0 Å². The summed E-state index contributed by atoms with van der Waals surface area (Å²) in [7, 11) is 1.73. The smallest absolute Gasteiger partial charge is 0.311 e. The molecule has 0 saturated carbocycles. The van der Waals surface area contributed by atoms with E-state index in [0.29, 0.717) is 12.4 Å². The molecule has 0 aromatic carbocycles. The predicted molar refractivity (Wildman–Crippen MR) is 54.2 cm³/mol. The van der Waals surface area contributed by atoms with Crippen molar-refractivity contribution in [3.05, 3.63) is 22.2 Å². The van der Waals surface area contributed by atoms with Gasteiger partial charge in [0.2, 0.25) is 5.82 Å². The Kier molecular flexibility index (Phi) is 2.85. The molecule has 14 heavy (non-hydrogen) atoms. The minimum absolute atomic E-state index is 0.0245. The van der Waals surface area contributed by atoms with Crippen molar-refractivity contribution < 1.29 is 4.92 Å². The third-order valence-corrected chi connectivity index (χ3v) is 1.91. The summed E-state index contributed by atoms with van der Waals surface area (Å²) in [5.74, 6) is 0.586. The summed E-state index contributed by atoms with van der Waals surface area (Å²) in [6, 6.07) is 2.79. The van der Waals surface area contributed by atoms with Crippen LogP contribution >= 0.6 is 0 Å². The van der Waals surface area contributed by atoms with Gasteiger partial charge in [0.15, 0.2) is 0 Å². The third kappa shape index (κ3) is 1.90. The van der Waals surface area contributed by atoms with Gasteiger partial charge >= 0.3 is 5.69 Å². The second-order valence-corrected chi connectivity index (χ2v) is 2.85. The van der Waals surface area contributed by atoms with Gasteiger partial charge in [0.25, 0.3) is 0 Å². The molecule has 0 radical (unpaired) electrons. The Labute approximate surface area is 81.5 Å². The third-order valence-electron chi connectivity index (χ3n) is 1.91. The predicted octanol–water partition coefficient (Wildman–Crippen LogP) is 1.03. The first-order valence-electron chi connectivity index (χ1n) is 4.18. The molecule has 1 heterocycles. The van der Waals surface area contributed by atoms with Crippen LogP contribution in [0.25, 0.3) is 0 Å². The number of hydrogen-bond donors (Lipinski definition) is 1. The molecule has 1 aromatic heterocycles. The van der Waals surface area contributed by atoms with E-state index in [0.717, 1.165) is 0 Å². The van der Waals surface area contributed by atoms with Gasteiger partial charge in [-0.2, -0.15) is 0 Å². The first kappa shape index (κ1) is 10.2. The minimum Gasteiger partial charge on any atom is -0.384 e. The van der Waals surface area contributed by atoms with Gasteiger partial charge in [-0.1, -0.05) is 0 Å². The van der Waals surface area contributed by atoms with E-state index >= 15 is 0 Å². The molecule has 0 spiro atoms. The monoisotopic (exact) mass is 196 g/mol. The molecule has 0 saturated heterocycles. The first-order valence-corrected chi connectivity index (χ1v) is 4.18. The number of aromatic nitrogens is 1. The fourth-order valence-electron chi connectivity index (χ4n) is 1.03. The number of nitrogens with zero attached hydrogens (tertiary/aromatic N) is 3. The van der Waals surface area contributed by atoms with Gasteiger partial charge in [-0.15, -0.1) is 0 Å². The van der Waals surface area contributed by atoms with Crippen molar-refractivity contribution in [2.45, 2.75) is 6.92 Å². The number of hydrogen-bond acceptors (Lipinski definition) is 5. The quantitative estimate of drug-likeness (QED) is 0.576. The molecule has 6 heteroatoms. The number of rotatable bonds is 3. The van der Waals surface area contributed by atoms with Crippen LogP contribution in [0.4, 0.5) is 17.3 Å². The zero-order chi connectivity index (χ0) is 10.7. The zero-order valence-electron chi connectivity index (χ0n) is 8.10. The fraction of sp³-hybridized carbons (Fsp3) is 0.375. The highest BCUT2D eigenvalue weighted by molar-refractivity contribution is 5.60. The average molecular weight is 196 g/mol. The maximum Gasteiger partial charge on any atom is 0.311 e. The lowest BCUT2D eigenvalue weighted by Crippen LogP contribution is -2.19. The molecule has 0 fully saturated rings. The molecule has 0 bridgehead atoms. The van der Waals surface area contributed by atoms with E-state index in [9.17, 15) is 10.1 Å². The van der Waals surface area contributed by atoms with Crippen LogP contribution in [0, 0.1) is 10.1 Å². The van der Waals surface area contributed by atoms with Gasteiger partial charge in [-0.05, 0) is 13.0 Å². The van der Waals surface area contributed by atoms with E-state index in [2.05, 4.69) is 4.98 Å². The Morgan fingerprint density at radius 1 is 1.64 bits per heavy atom. The van der Waals surface area contributed by atoms with Gasteiger partial charge in [0.05, 0.1) is 4.92 Å². The minimum atomic E-state index is -0.464. The standard InChI is InChI=1S/C8H12N4O2/c1-3-11(2)8-6(12(13)14)4-5-7(9)10-8/h4-5H,3H2,1-2H3,(H2,9,10). The highest BCUT2D eigenvalue weighted by Crippen LogP contribution is 2.25. The Bertz CT molecular complexity index is 353. The number of anilines is 2. The Balaban J connectivity index is 3.22. The van der Waals surface area contributed by atoms with Gasteiger partial charge in [-0.25, -0.2) is 4.98 Å². The molecule has 6 nitrogen and oxygen atoms in total. The van der Waals surface area contributed by atoms with Crippen molar-refractivity contribution in [1.29, 1.82) is 0 Å². The number of nitrogens with two attached hydrogens (primary N) is 1. The number of pyridine rings is 1. The van der Waals surface area contributed by atoms with E-state index in [1.54, 1.807) is 11.9 Å². The normalized spacial score (nSPS) is 9.86. The molecule has 1 aromatic rings. The lowest BCUT2D eigenvalue weighted by Gasteiger charge is -2.15. The molecule has 0 aliphatic heterocycles. The van der Waals surface area contributed by atoms with Crippen LogP contribution in [0.5, 0.6) is 0 Å². The summed E-state index contributed by atoms with van der Waals surface area (Å²) in [5.41, 5.74) is 5.44. The largest absolute Gasteiger partial charge is 0.384 e. The first-order chi connectivity index (χ1) is 6.56. The van der Waals surface area contributed by atoms with Crippen LogP contribution in [-0.4, -0.2) is 23.5 Å². The van der Waals surface area contributed by atoms with E-state index < -0.39 is 4.92 Å². The van der Waals surface area contributed by atoms with Crippen molar-refractivity contribution in [2.75, 3.05) is 24.2 Å². The van der Waals surface area contributed by atoms with Crippen molar-refractivity contribution in [2.24, 2.45) is 0 Å². The Morgan fingerprint density at radius 3 is 2.79 bits per heavy atom. The second kappa shape index (κ2) is 3.91. The molecule has 2 N–H and O–H groups in total. The molecular formula is C8H12N4O2. The molecular weight excluding hydrogens is 184 g/mol. The van der Waals surface area contributed by atoms with E-state index in [1.807, 2.05) is 6.92 Å². The zero-order valence-corrected chi connectivity index (χ0v) is 8.10. The molecule has 1 rings (SSSR count). The average Bonchev–Trinajstić information content (AvgIpc) is 2.16. The number of nitrogen functional groups attached to an aromatic ring is 1. The van der Waals surface area contributed by atoms with Gasteiger partial charge in [0, 0.05) is 19.7 Å². The van der Waals surface area contributed by atoms with Crippen LogP contribution < -0.4 is 10.6 Å². The summed E-state index contributed by atoms with van der Waals surface area (Å²) < 4.78 is 0. The molecule has 0 aliphatic carbocycles. The highest BCUT2D eigenvalue weighted by atomic mass is 16.6. The maximum absolute atomic E-state index is 10.7. The van der Waals surface area contributed by atoms with Crippen LogP contribution in [0.2, 0.25) is 0 Å². The summed E-state index contributed by atoms with van der Waals surface area (Å²) >= 11 is 0. The summed E-state index contributed by atoms with van der Waals surface area (Å²) in [5, 5.41) is 10.7. The van der Waals surface area contributed by atoms with Crippen LogP contribution in [0.1, 0.15) is 6.92 Å². The molecule has 0 aliphatic rings. The fourth-order valence-corrected chi connectivity index (χ4v) is 1.03. The van der Waals surface area contributed by atoms with Crippen molar-refractivity contribution in [3.8, 4) is 0 Å². The number of nitro groups is 1. The van der Waals surface area contributed by atoms with Gasteiger partial charge < -0.3 is 10.6 Å². The van der Waals surface area contributed by atoms with E-state index in [-0.39, 0.29) is 11.5 Å². The second-order valence-electron chi connectivity index (χ2n) is 2.85. The Hall–Kier alpha value is -1.85. The van der Waals surface area contributed by atoms with Crippen molar-refractivity contribution >= 4 is 17.3 Å². The lowest BCUT2D eigenvalue weighted by molar-refractivity contribution is -0.384. The summed E-state index contributed by atoms with van der Waals surface area (Å²) in [6.45, 7) is 2.52. The molecule has 0 atom stereocenters.